The Kier molecular flexibility index (Phi) is 7.38. The molecule has 0 bridgehead atoms. The summed E-state index contributed by atoms with van der Waals surface area (Å²) in [6.07, 6.45) is 4.22. The number of aromatic nitrogens is 2. The molecule has 0 saturated carbocycles. The van der Waals surface area contributed by atoms with Gasteiger partial charge in [0, 0.05) is 32.0 Å². The van der Waals surface area contributed by atoms with Gasteiger partial charge < -0.3 is 9.84 Å². The molecule has 1 aliphatic rings. The zero-order valence-corrected chi connectivity index (χ0v) is 17.5. The van der Waals surface area contributed by atoms with Crippen LogP contribution in [0.5, 0.6) is 0 Å². The minimum absolute atomic E-state index is 0.0775. The largest absolute Gasteiger partial charge is 0.355 e. The normalized spacial score (nSPS) is 17.9. The maximum Gasteiger partial charge on any atom is 0.227 e. The SMILES string of the molecule is CC1CCCCN1CCNC(=O)CCc1nc(CS(=O)(=O)c2ccccc2)no1. The molecule has 9 heteroatoms. The number of carbonyl (C=O) groups is 1. The average molecular weight is 421 g/mol. The number of aryl methyl sites for hydroxylation is 1. The quantitative estimate of drug-likeness (QED) is 0.661. The van der Waals surface area contributed by atoms with Crippen molar-refractivity contribution in [2.24, 2.45) is 0 Å². The van der Waals surface area contributed by atoms with E-state index in [0.29, 0.717) is 12.6 Å². The Hall–Kier alpha value is -2.26. The zero-order valence-electron chi connectivity index (χ0n) is 16.7. The van der Waals surface area contributed by atoms with E-state index >= 15 is 0 Å². The summed E-state index contributed by atoms with van der Waals surface area (Å²) in [5.41, 5.74) is 0. The Morgan fingerprint density at radius 1 is 1.28 bits per heavy atom. The van der Waals surface area contributed by atoms with Crippen LogP contribution in [0.2, 0.25) is 0 Å². The molecular formula is C20H28N4O4S. The second-order valence-electron chi connectivity index (χ2n) is 7.41. The van der Waals surface area contributed by atoms with Gasteiger partial charge in [0.1, 0.15) is 5.75 Å². The van der Waals surface area contributed by atoms with Crippen LogP contribution in [0.3, 0.4) is 0 Å². The van der Waals surface area contributed by atoms with E-state index in [-0.39, 0.29) is 41.1 Å². The molecule has 0 spiro atoms. The summed E-state index contributed by atoms with van der Waals surface area (Å²) in [6, 6.07) is 8.72. The van der Waals surface area contributed by atoms with E-state index in [1.54, 1.807) is 18.2 Å². The van der Waals surface area contributed by atoms with Crippen LogP contribution in [0, 0.1) is 0 Å². The van der Waals surface area contributed by atoms with E-state index < -0.39 is 9.84 Å². The summed E-state index contributed by atoms with van der Waals surface area (Å²) in [7, 11) is -3.53. The van der Waals surface area contributed by atoms with Gasteiger partial charge in [0.15, 0.2) is 15.7 Å². The van der Waals surface area contributed by atoms with Crippen molar-refractivity contribution in [3.8, 4) is 0 Å². The van der Waals surface area contributed by atoms with Gasteiger partial charge in [-0.05, 0) is 38.4 Å². The zero-order chi connectivity index (χ0) is 20.7. The lowest BCUT2D eigenvalue weighted by atomic mass is 10.0. The molecule has 1 amide bonds. The second-order valence-corrected chi connectivity index (χ2v) is 9.40. The lowest BCUT2D eigenvalue weighted by molar-refractivity contribution is -0.121. The molecule has 1 aliphatic heterocycles. The molecule has 29 heavy (non-hydrogen) atoms. The van der Waals surface area contributed by atoms with Gasteiger partial charge in [-0.25, -0.2) is 8.42 Å². The predicted octanol–water partition coefficient (Wildman–Crippen LogP) is 1.97. The van der Waals surface area contributed by atoms with Crippen LogP contribution in [-0.2, 0) is 26.8 Å². The first-order valence-corrected chi connectivity index (χ1v) is 11.7. The maximum atomic E-state index is 12.4. The highest BCUT2D eigenvalue weighted by Crippen LogP contribution is 2.16. The summed E-state index contributed by atoms with van der Waals surface area (Å²) >= 11 is 0. The third kappa shape index (κ3) is 6.37. The highest BCUT2D eigenvalue weighted by atomic mass is 32.2. The van der Waals surface area contributed by atoms with E-state index in [1.807, 2.05) is 0 Å². The minimum atomic E-state index is -3.53. The van der Waals surface area contributed by atoms with Crippen molar-refractivity contribution in [3.63, 3.8) is 0 Å². The van der Waals surface area contributed by atoms with Gasteiger partial charge in [-0.1, -0.05) is 29.8 Å². The summed E-state index contributed by atoms with van der Waals surface area (Å²) < 4.78 is 29.8. The van der Waals surface area contributed by atoms with E-state index in [4.69, 9.17) is 4.52 Å². The average Bonchev–Trinajstić information content (AvgIpc) is 3.15. The van der Waals surface area contributed by atoms with Crippen molar-refractivity contribution >= 4 is 15.7 Å². The number of likely N-dealkylation sites (tertiary alicyclic amines) is 1. The molecule has 2 heterocycles. The van der Waals surface area contributed by atoms with Crippen LogP contribution >= 0.6 is 0 Å². The molecule has 2 aromatic rings. The monoisotopic (exact) mass is 420 g/mol. The van der Waals surface area contributed by atoms with Crippen LogP contribution in [0.25, 0.3) is 0 Å². The number of nitrogens with zero attached hydrogens (tertiary/aromatic N) is 3. The van der Waals surface area contributed by atoms with Crippen LogP contribution in [0.1, 0.15) is 44.3 Å². The minimum Gasteiger partial charge on any atom is -0.355 e. The summed E-state index contributed by atoms with van der Waals surface area (Å²) in [4.78, 5) is 18.8. The van der Waals surface area contributed by atoms with E-state index in [1.165, 1.54) is 31.4 Å². The first kappa shape index (κ1) is 21.4. The molecule has 1 fully saturated rings. The Bertz CT molecular complexity index is 898. The van der Waals surface area contributed by atoms with Crippen molar-refractivity contribution < 1.29 is 17.7 Å². The number of amides is 1. The van der Waals surface area contributed by atoms with Crippen molar-refractivity contribution in [1.82, 2.24) is 20.4 Å². The lowest BCUT2D eigenvalue weighted by Gasteiger charge is -2.33. The lowest BCUT2D eigenvalue weighted by Crippen LogP contribution is -2.42. The third-order valence-electron chi connectivity index (χ3n) is 5.16. The van der Waals surface area contributed by atoms with Crippen molar-refractivity contribution in [1.29, 1.82) is 0 Å². The smallest absolute Gasteiger partial charge is 0.227 e. The molecule has 1 saturated heterocycles. The number of nitrogens with one attached hydrogen (secondary N) is 1. The van der Waals surface area contributed by atoms with E-state index in [2.05, 4.69) is 27.3 Å². The highest BCUT2D eigenvalue weighted by molar-refractivity contribution is 7.90. The Morgan fingerprint density at radius 3 is 2.83 bits per heavy atom. The molecule has 158 valence electrons. The number of hydrogen-bond donors (Lipinski definition) is 1. The Balaban J connectivity index is 1.41. The summed E-state index contributed by atoms with van der Waals surface area (Å²) in [5.74, 6) is -0.0430. The number of sulfone groups is 1. The first-order chi connectivity index (χ1) is 13.9. The molecule has 0 radical (unpaired) electrons. The molecule has 3 rings (SSSR count). The number of hydrogen-bond acceptors (Lipinski definition) is 7. The fourth-order valence-corrected chi connectivity index (χ4v) is 4.66. The van der Waals surface area contributed by atoms with Crippen molar-refractivity contribution in [2.75, 3.05) is 19.6 Å². The van der Waals surface area contributed by atoms with Crippen LogP contribution < -0.4 is 5.32 Å². The molecular weight excluding hydrogens is 392 g/mol. The number of benzene rings is 1. The van der Waals surface area contributed by atoms with Gasteiger partial charge >= 0.3 is 0 Å². The summed E-state index contributed by atoms with van der Waals surface area (Å²) in [6.45, 7) is 4.79. The van der Waals surface area contributed by atoms with Gasteiger partial charge in [0.25, 0.3) is 0 Å². The number of piperidine rings is 1. The number of rotatable bonds is 9. The van der Waals surface area contributed by atoms with Crippen molar-refractivity contribution in [3.05, 3.63) is 42.0 Å². The Labute approximate surface area is 171 Å². The van der Waals surface area contributed by atoms with Gasteiger partial charge in [-0.15, -0.1) is 0 Å². The third-order valence-corrected chi connectivity index (χ3v) is 6.79. The fraction of sp³-hybridized carbons (Fsp3) is 0.550. The number of carbonyl (C=O) groups excluding carboxylic acids is 1. The van der Waals surface area contributed by atoms with E-state index in [0.717, 1.165) is 13.1 Å². The van der Waals surface area contributed by atoms with Crippen LogP contribution in [-0.4, -0.2) is 55.0 Å². The molecule has 0 aliphatic carbocycles. The predicted molar refractivity (Wildman–Crippen MR) is 108 cm³/mol. The standard InChI is InChI=1S/C20H28N4O4S/c1-16-7-5-6-13-24(16)14-12-21-19(25)10-11-20-22-18(23-28-20)15-29(26,27)17-8-3-2-4-9-17/h2-4,8-9,16H,5-7,10-15H2,1H3,(H,21,25). The molecule has 1 aromatic carbocycles. The molecule has 1 N–H and O–H groups in total. The molecule has 1 aromatic heterocycles. The van der Waals surface area contributed by atoms with Crippen LogP contribution in [0.15, 0.2) is 39.8 Å². The second kappa shape index (κ2) is 9.98. The fourth-order valence-electron chi connectivity index (χ4n) is 3.47. The van der Waals surface area contributed by atoms with Gasteiger partial charge in [-0.3, -0.25) is 9.69 Å². The topological polar surface area (TPSA) is 105 Å². The molecule has 1 atom stereocenters. The maximum absolute atomic E-state index is 12.4. The first-order valence-electron chi connectivity index (χ1n) is 10.0. The van der Waals surface area contributed by atoms with E-state index in [9.17, 15) is 13.2 Å². The highest BCUT2D eigenvalue weighted by Gasteiger charge is 2.20. The van der Waals surface area contributed by atoms with Crippen LogP contribution in [0.4, 0.5) is 0 Å². The molecule has 1 unspecified atom stereocenters. The summed E-state index contributed by atoms with van der Waals surface area (Å²) in [5, 5.41) is 6.65. The van der Waals surface area contributed by atoms with Crippen molar-refractivity contribution in [2.45, 2.75) is 55.7 Å². The van der Waals surface area contributed by atoms with Gasteiger partial charge in [0.2, 0.25) is 11.8 Å². The van der Waals surface area contributed by atoms with Gasteiger partial charge in [0.05, 0.1) is 4.90 Å². The molecule has 8 nitrogen and oxygen atoms in total. The van der Waals surface area contributed by atoms with Gasteiger partial charge in [-0.2, -0.15) is 4.98 Å². The Morgan fingerprint density at radius 2 is 2.07 bits per heavy atom.